The molecule has 2 rings (SSSR count). The molecule has 0 bridgehead atoms. The van der Waals surface area contributed by atoms with Crippen LogP contribution in [0.1, 0.15) is 24.8 Å². The Balaban J connectivity index is 2.04. The van der Waals surface area contributed by atoms with Gasteiger partial charge in [0.2, 0.25) is 0 Å². The van der Waals surface area contributed by atoms with E-state index >= 15 is 0 Å². The first-order valence-corrected chi connectivity index (χ1v) is 17.0. The van der Waals surface area contributed by atoms with Crippen molar-refractivity contribution >= 4 is 27.5 Å². The minimum absolute atomic E-state index is 0.171. The van der Waals surface area contributed by atoms with Crippen molar-refractivity contribution in [1.82, 2.24) is 0 Å². The molecule has 0 saturated carbocycles. The van der Waals surface area contributed by atoms with E-state index in [2.05, 4.69) is 47.9 Å². The van der Waals surface area contributed by atoms with Crippen molar-refractivity contribution in [3.63, 3.8) is 0 Å². The van der Waals surface area contributed by atoms with Crippen molar-refractivity contribution in [2.45, 2.75) is 41.3 Å². The molecule has 0 heterocycles. The minimum atomic E-state index is -3.03. The quantitative estimate of drug-likeness (QED) is 0.492. The summed E-state index contributed by atoms with van der Waals surface area (Å²) in [5, 5.41) is 0. The molecule has 24 heavy (non-hydrogen) atoms. The van der Waals surface area contributed by atoms with Gasteiger partial charge in [-0.15, -0.1) is 0 Å². The Hall–Kier alpha value is -1.07. The summed E-state index contributed by atoms with van der Waals surface area (Å²) >= 11 is -2.65. The molecule has 2 nitrogen and oxygen atoms in total. The molecule has 0 aliphatic rings. The average Bonchev–Trinajstić information content (AvgIpc) is 2.55. The van der Waals surface area contributed by atoms with Gasteiger partial charge in [0.1, 0.15) is 0 Å². The predicted molar refractivity (Wildman–Crippen MR) is 106 cm³/mol. The second-order valence-corrected chi connectivity index (χ2v) is 20.1. The SMILES string of the molecule is CS(=O)(=O)[CH](CCCCc1ccccc1)[Ge]([CH3])([CH3])[c]1ccccc1. The summed E-state index contributed by atoms with van der Waals surface area (Å²) in [6.45, 7) is 0. The third kappa shape index (κ3) is 5.22. The standard InChI is InChI=1S/C20H28GeO2S/c1-21(2,19-15-8-5-9-16-19)20(24(3,22)23)17-11-10-14-18-12-6-4-7-13-18/h4-9,12-13,15-16,20H,10-11,14,17H2,1-3H3. The molecule has 0 aliphatic carbocycles. The molecule has 0 saturated heterocycles. The van der Waals surface area contributed by atoms with Gasteiger partial charge in [-0.1, -0.05) is 0 Å². The second-order valence-electron chi connectivity index (χ2n) is 7.14. The van der Waals surface area contributed by atoms with E-state index in [-0.39, 0.29) is 4.08 Å². The van der Waals surface area contributed by atoms with Crippen LogP contribution in [0.4, 0.5) is 0 Å². The van der Waals surface area contributed by atoms with E-state index in [1.807, 2.05) is 24.3 Å². The summed E-state index contributed by atoms with van der Waals surface area (Å²) in [5.74, 6) is 4.47. The van der Waals surface area contributed by atoms with E-state index in [1.165, 1.54) is 16.2 Å². The Kier molecular flexibility index (Phi) is 6.70. The van der Waals surface area contributed by atoms with Gasteiger partial charge in [0.05, 0.1) is 0 Å². The molecule has 0 radical (unpaired) electrons. The van der Waals surface area contributed by atoms with Gasteiger partial charge < -0.3 is 0 Å². The number of rotatable bonds is 8. The molecule has 0 N–H and O–H groups in total. The molecular weight excluding hydrogens is 377 g/mol. The van der Waals surface area contributed by atoms with E-state index in [9.17, 15) is 8.42 Å². The van der Waals surface area contributed by atoms with Gasteiger partial charge in [-0.05, 0) is 0 Å². The van der Waals surface area contributed by atoms with Crippen LogP contribution in [0.5, 0.6) is 0 Å². The zero-order valence-corrected chi connectivity index (χ0v) is 17.8. The molecule has 0 aromatic heterocycles. The molecule has 2 aromatic carbocycles. The van der Waals surface area contributed by atoms with Gasteiger partial charge in [-0.25, -0.2) is 0 Å². The van der Waals surface area contributed by atoms with E-state index in [0.29, 0.717) is 0 Å². The van der Waals surface area contributed by atoms with Crippen molar-refractivity contribution in [1.29, 1.82) is 0 Å². The molecule has 0 fully saturated rings. The summed E-state index contributed by atoms with van der Waals surface area (Å²) < 4.78 is 26.0. The first-order valence-electron chi connectivity index (χ1n) is 8.60. The van der Waals surface area contributed by atoms with Crippen LogP contribution in [0.2, 0.25) is 11.5 Å². The molecule has 1 atom stereocenters. The maximum atomic E-state index is 12.5. The number of aryl methyl sites for hydroxylation is 1. The fraction of sp³-hybridized carbons (Fsp3) is 0.400. The van der Waals surface area contributed by atoms with Crippen molar-refractivity contribution in [3.8, 4) is 0 Å². The topological polar surface area (TPSA) is 34.1 Å². The fourth-order valence-electron chi connectivity index (χ4n) is 3.47. The van der Waals surface area contributed by atoms with Gasteiger partial charge in [-0.3, -0.25) is 0 Å². The first kappa shape index (κ1) is 19.3. The van der Waals surface area contributed by atoms with Crippen LogP contribution in [0, 0.1) is 0 Å². The molecule has 4 heteroatoms. The normalized spacial score (nSPS) is 13.6. The van der Waals surface area contributed by atoms with Crippen LogP contribution in [0.15, 0.2) is 60.7 Å². The van der Waals surface area contributed by atoms with Crippen LogP contribution < -0.4 is 4.40 Å². The number of benzene rings is 2. The summed E-state index contributed by atoms with van der Waals surface area (Å²) in [5.41, 5.74) is 1.33. The van der Waals surface area contributed by atoms with Gasteiger partial charge in [0.15, 0.2) is 0 Å². The van der Waals surface area contributed by atoms with Gasteiger partial charge in [-0.2, -0.15) is 0 Å². The summed E-state index contributed by atoms with van der Waals surface area (Å²) in [7, 11) is -3.03. The van der Waals surface area contributed by atoms with Crippen LogP contribution in [-0.2, 0) is 16.3 Å². The monoisotopic (exact) mass is 406 g/mol. The second kappa shape index (κ2) is 8.35. The summed E-state index contributed by atoms with van der Waals surface area (Å²) in [4.78, 5) is 0. The predicted octanol–water partition coefficient (Wildman–Crippen LogP) is 3.97. The summed E-state index contributed by atoms with van der Waals surface area (Å²) in [6, 6.07) is 20.7. The maximum absolute atomic E-state index is 12.5. The van der Waals surface area contributed by atoms with Crippen LogP contribution in [0.3, 0.4) is 0 Å². The Bertz CT molecular complexity index is 725. The number of unbranched alkanes of at least 4 members (excludes halogenated alkanes) is 1. The van der Waals surface area contributed by atoms with Crippen molar-refractivity contribution in [3.05, 3.63) is 66.2 Å². The number of hydrogen-bond acceptors (Lipinski definition) is 2. The van der Waals surface area contributed by atoms with E-state index < -0.39 is 23.1 Å². The van der Waals surface area contributed by atoms with E-state index in [4.69, 9.17) is 0 Å². The van der Waals surface area contributed by atoms with Crippen LogP contribution in [-0.4, -0.2) is 32.0 Å². The number of sulfone groups is 1. The van der Waals surface area contributed by atoms with E-state index in [0.717, 1.165) is 25.7 Å². The van der Waals surface area contributed by atoms with Gasteiger partial charge >= 0.3 is 150 Å². The van der Waals surface area contributed by atoms with Crippen LogP contribution >= 0.6 is 0 Å². The molecule has 0 spiro atoms. The van der Waals surface area contributed by atoms with Crippen molar-refractivity contribution in [2.24, 2.45) is 0 Å². The van der Waals surface area contributed by atoms with Gasteiger partial charge in [0.25, 0.3) is 0 Å². The molecule has 0 aliphatic heterocycles. The zero-order chi connectivity index (χ0) is 17.6. The Labute approximate surface area is 149 Å². The van der Waals surface area contributed by atoms with Crippen molar-refractivity contribution in [2.75, 3.05) is 6.26 Å². The molecule has 2 aromatic rings. The zero-order valence-electron chi connectivity index (χ0n) is 14.9. The first-order chi connectivity index (χ1) is 11.3. The molecule has 1 unspecified atom stereocenters. The Morgan fingerprint density at radius 3 is 1.96 bits per heavy atom. The third-order valence-corrected chi connectivity index (χ3v) is 19.7. The fourth-order valence-corrected chi connectivity index (χ4v) is 17.5. The Morgan fingerprint density at radius 1 is 0.875 bits per heavy atom. The third-order valence-electron chi connectivity index (χ3n) is 4.86. The van der Waals surface area contributed by atoms with E-state index in [1.54, 1.807) is 0 Å². The van der Waals surface area contributed by atoms with Crippen molar-refractivity contribution < 1.29 is 8.42 Å². The number of hydrogen-bond donors (Lipinski definition) is 0. The Morgan fingerprint density at radius 2 is 1.42 bits per heavy atom. The van der Waals surface area contributed by atoms with Gasteiger partial charge in [0, 0.05) is 0 Å². The molecule has 130 valence electrons. The summed E-state index contributed by atoms with van der Waals surface area (Å²) in [6.07, 6.45) is 5.24. The molecule has 0 amide bonds. The average molecular weight is 405 g/mol. The van der Waals surface area contributed by atoms with Crippen LogP contribution in [0.25, 0.3) is 0 Å². The molecular formula is C20H28GeO2S.